The molecule has 2 aromatic rings. The summed E-state index contributed by atoms with van der Waals surface area (Å²) in [6.45, 7) is 1.84. The molecule has 0 bridgehead atoms. The van der Waals surface area contributed by atoms with Gasteiger partial charge in [-0.15, -0.1) is 11.3 Å². The van der Waals surface area contributed by atoms with Crippen LogP contribution in [-0.2, 0) is 4.74 Å². The summed E-state index contributed by atoms with van der Waals surface area (Å²) in [5, 5.41) is 8.16. The number of aryl methyl sites for hydroxylation is 1. The number of amides is 1. The summed E-state index contributed by atoms with van der Waals surface area (Å²) in [5.41, 5.74) is 1.97. The maximum absolute atomic E-state index is 11.9. The van der Waals surface area contributed by atoms with E-state index < -0.39 is 5.97 Å². The second kappa shape index (κ2) is 5.32. The van der Waals surface area contributed by atoms with Crippen molar-refractivity contribution in [3.05, 3.63) is 38.2 Å². The largest absolute Gasteiger partial charge is 0.465 e. The molecule has 0 spiro atoms. The van der Waals surface area contributed by atoms with Crippen molar-refractivity contribution in [1.82, 2.24) is 0 Å². The van der Waals surface area contributed by atoms with E-state index in [1.165, 1.54) is 29.8 Å². The highest BCUT2D eigenvalue weighted by atomic mass is 32.1. The average molecular weight is 281 g/mol. The van der Waals surface area contributed by atoms with Crippen molar-refractivity contribution >= 4 is 40.2 Å². The van der Waals surface area contributed by atoms with Gasteiger partial charge in [0.05, 0.1) is 18.4 Å². The maximum atomic E-state index is 11.9. The number of nitrogens with one attached hydrogen (secondary N) is 1. The number of ether oxygens (including phenoxy) is 1. The Labute approximate surface area is 112 Å². The Kier molecular flexibility index (Phi) is 3.78. The Bertz CT molecular complexity index is 572. The first-order chi connectivity index (χ1) is 8.63. The number of anilines is 1. The summed E-state index contributed by atoms with van der Waals surface area (Å²) in [7, 11) is 1.32. The van der Waals surface area contributed by atoms with Crippen molar-refractivity contribution < 1.29 is 14.3 Å². The van der Waals surface area contributed by atoms with E-state index in [0.29, 0.717) is 16.1 Å². The van der Waals surface area contributed by atoms with Crippen LogP contribution in [0.15, 0.2) is 22.2 Å². The third kappa shape index (κ3) is 2.44. The average Bonchev–Trinajstić information content (AvgIpc) is 2.99. The Balaban J connectivity index is 2.26. The number of carbonyl (C=O) groups excluding carboxylic acids is 2. The van der Waals surface area contributed by atoms with Gasteiger partial charge < -0.3 is 10.1 Å². The second-order valence-corrected chi connectivity index (χ2v) is 5.24. The van der Waals surface area contributed by atoms with Crippen LogP contribution in [0.1, 0.15) is 25.6 Å². The smallest absolute Gasteiger partial charge is 0.350 e. The zero-order valence-electron chi connectivity index (χ0n) is 9.85. The van der Waals surface area contributed by atoms with Gasteiger partial charge in [0.25, 0.3) is 5.91 Å². The number of hydrogen-bond donors (Lipinski definition) is 1. The fraction of sp³-hybridized carbons (Fsp3) is 0.167. The molecule has 94 valence electrons. The van der Waals surface area contributed by atoms with E-state index in [4.69, 9.17) is 0 Å². The molecular weight excluding hydrogens is 270 g/mol. The summed E-state index contributed by atoms with van der Waals surface area (Å²) in [4.78, 5) is 23.9. The minimum absolute atomic E-state index is 0.220. The van der Waals surface area contributed by atoms with E-state index in [1.807, 2.05) is 17.7 Å². The molecule has 0 atom stereocenters. The quantitative estimate of drug-likeness (QED) is 0.879. The second-order valence-electron chi connectivity index (χ2n) is 3.58. The van der Waals surface area contributed by atoms with E-state index in [9.17, 15) is 9.59 Å². The Morgan fingerprint density at radius 2 is 2.11 bits per heavy atom. The van der Waals surface area contributed by atoms with E-state index in [1.54, 1.807) is 11.4 Å². The molecule has 1 amide bonds. The minimum Gasteiger partial charge on any atom is -0.465 e. The van der Waals surface area contributed by atoms with Gasteiger partial charge >= 0.3 is 5.97 Å². The van der Waals surface area contributed by atoms with E-state index in [2.05, 4.69) is 10.1 Å². The fourth-order valence-corrected chi connectivity index (χ4v) is 2.98. The van der Waals surface area contributed by atoms with Gasteiger partial charge in [-0.1, -0.05) is 0 Å². The molecule has 18 heavy (non-hydrogen) atoms. The van der Waals surface area contributed by atoms with Crippen molar-refractivity contribution in [3.8, 4) is 0 Å². The molecule has 6 heteroatoms. The Hall–Kier alpha value is -1.66. The van der Waals surface area contributed by atoms with Crippen molar-refractivity contribution in [2.24, 2.45) is 0 Å². The van der Waals surface area contributed by atoms with Gasteiger partial charge in [-0.2, -0.15) is 11.3 Å². The summed E-state index contributed by atoms with van der Waals surface area (Å²) in [6.07, 6.45) is 0. The van der Waals surface area contributed by atoms with Crippen LogP contribution in [0.25, 0.3) is 0 Å². The number of hydrogen-bond acceptors (Lipinski definition) is 5. The van der Waals surface area contributed by atoms with E-state index in [0.717, 1.165) is 5.56 Å². The van der Waals surface area contributed by atoms with Crippen LogP contribution < -0.4 is 5.32 Å². The van der Waals surface area contributed by atoms with Crippen molar-refractivity contribution in [2.45, 2.75) is 6.92 Å². The number of thiophene rings is 2. The topological polar surface area (TPSA) is 55.4 Å². The zero-order chi connectivity index (χ0) is 13.1. The van der Waals surface area contributed by atoms with Gasteiger partial charge in [0.1, 0.15) is 4.88 Å². The Morgan fingerprint density at radius 3 is 2.72 bits per heavy atom. The normalized spacial score (nSPS) is 10.1. The molecule has 0 aromatic carbocycles. The monoisotopic (exact) mass is 281 g/mol. The molecule has 0 saturated heterocycles. The Morgan fingerprint density at radius 1 is 1.33 bits per heavy atom. The zero-order valence-corrected chi connectivity index (χ0v) is 11.5. The van der Waals surface area contributed by atoms with Gasteiger partial charge in [-0.05, 0) is 29.3 Å². The standard InChI is InChI=1S/C12H11NO3S2/c1-7-5-18-10(12(15)16-2)9(7)13-11(14)8-3-4-17-6-8/h3-6H,1-2H3,(H,13,14). The molecule has 2 heterocycles. The molecule has 1 N–H and O–H groups in total. The highest BCUT2D eigenvalue weighted by Crippen LogP contribution is 2.28. The van der Waals surface area contributed by atoms with Crippen molar-refractivity contribution in [1.29, 1.82) is 0 Å². The van der Waals surface area contributed by atoms with Gasteiger partial charge in [0.2, 0.25) is 0 Å². The van der Waals surface area contributed by atoms with Crippen LogP contribution in [-0.4, -0.2) is 19.0 Å². The molecule has 0 aliphatic rings. The molecular formula is C12H11NO3S2. The predicted molar refractivity (Wildman–Crippen MR) is 72.7 cm³/mol. The van der Waals surface area contributed by atoms with Crippen LogP contribution in [0.2, 0.25) is 0 Å². The summed E-state index contributed by atoms with van der Waals surface area (Å²) >= 11 is 2.71. The lowest BCUT2D eigenvalue weighted by Gasteiger charge is -2.06. The maximum Gasteiger partial charge on any atom is 0.350 e. The van der Waals surface area contributed by atoms with Crippen LogP contribution in [0.3, 0.4) is 0 Å². The first kappa shape index (κ1) is 12.8. The molecule has 0 fully saturated rings. The third-order valence-electron chi connectivity index (χ3n) is 2.37. The van der Waals surface area contributed by atoms with Crippen molar-refractivity contribution in [3.63, 3.8) is 0 Å². The minimum atomic E-state index is -0.436. The molecule has 4 nitrogen and oxygen atoms in total. The highest BCUT2D eigenvalue weighted by Gasteiger charge is 2.19. The lowest BCUT2D eigenvalue weighted by molar-refractivity contribution is 0.0607. The van der Waals surface area contributed by atoms with Crippen molar-refractivity contribution in [2.75, 3.05) is 12.4 Å². The number of rotatable bonds is 3. The van der Waals surface area contributed by atoms with Crippen LogP contribution in [0, 0.1) is 6.92 Å². The molecule has 0 aliphatic carbocycles. The summed E-state index contributed by atoms with van der Waals surface area (Å²) in [6, 6.07) is 1.74. The summed E-state index contributed by atoms with van der Waals surface area (Å²) in [5.74, 6) is -0.656. The number of esters is 1. The SMILES string of the molecule is COC(=O)c1scc(C)c1NC(=O)c1ccsc1. The molecule has 0 radical (unpaired) electrons. The fourth-order valence-electron chi connectivity index (χ4n) is 1.42. The molecule has 2 rings (SSSR count). The first-order valence-electron chi connectivity index (χ1n) is 5.13. The van der Waals surface area contributed by atoms with Gasteiger partial charge in [-0.3, -0.25) is 4.79 Å². The van der Waals surface area contributed by atoms with Gasteiger partial charge in [-0.25, -0.2) is 4.79 Å². The third-order valence-corrected chi connectivity index (χ3v) is 4.13. The molecule has 0 aliphatic heterocycles. The lowest BCUT2D eigenvalue weighted by Crippen LogP contribution is -2.13. The van der Waals surface area contributed by atoms with Crippen LogP contribution >= 0.6 is 22.7 Å². The van der Waals surface area contributed by atoms with E-state index in [-0.39, 0.29) is 5.91 Å². The van der Waals surface area contributed by atoms with E-state index >= 15 is 0 Å². The molecule has 2 aromatic heterocycles. The lowest BCUT2D eigenvalue weighted by atomic mass is 10.2. The molecule has 0 unspecified atom stereocenters. The van der Waals surface area contributed by atoms with Gasteiger partial charge in [0, 0.05) is 5.38 Å². The number of methoxy groups -OCH3 is 1. The van der Waals surface area contributed by atoms with Crippen LogP contribution in [0.4, 0.5) is 5.69 Å². The van der Waals surface area contributed by atoms with Gasteiger partial charge in [0.15, 0.2) is 0 Å². The van der Waals surface area contributed by atoms with Crippen LogP contribution in [0.5, 0.6) is 0 Å². The predicted octanol–water partition coefficient (Wildman–Crippen LogP) is 3.16. The molecule has 0 saturated carbocycles. The first-order valence-corrected chi connectivity index (χ1v) is 6.95. The highest BCUT2D eigenvalue weighted by molar-refractivity contribution is 7.12. The number of carbonyl (C=O) groups is 2. The summed E-state index contributed by atoms with van der Waals surface area (Å²) < 4.78 is 4.68.